The van der Waals surface area contributed by atoms with E-state index in [-0.39, 0.29) is 5.56 Å². The monoisotopic (exact) mass is 201 g/mol. The van der Waals surface area contributed by atoms with Gasteiger partial charge in [-0.2, -0.15) is 8.78 Å². The van der Waals surface area contributed by atoms with Crippen molar-refractivity contribution in [2.45, 2.75) is 12.8 Å². The van der Waals surface area contributed by atoms with Crippen molar-refractivity contribution in [3.05, 3.63) is 29.3 Å². The molecule has 0 spiro atoms. The topological polar surface area (TPSA) is 35.2 Å². The van der Waals surface area contributed by atoms with Crippen molar-refractivity contribution in [2.24, 2.45) is 5.73 Å². The van der Waals surface area contributed by atoms with Crippen LogP contribution in [-0.4, -0.2) is 13.7 Å². The summed E-state index contributed by atoms with van der Waals surface area (Å²) in [5.41, 5.74) is 5.44. The summed E-state index contributed by atoms with van der Waals surface area (Å²) in [5, 5.41) is 0. The Morgan fingerprint density at radius 1 is 1.43 bits per heavy atom. The van der Waals surface area contributed by atoms with Crippen LogP contribution in [0.5, 0.6) is 5.75 Å². The van der Waals surface area contributed by atoms with Crippen LogP contribution in [0.3, 0.4) is 0 Å². The fraction of sp³-hybridized carbons (Fsp3) is 0.400. The van der Waals surface area contributed by atoms with Crippen molar-refractivity contribution in [1.29, 1.82) is 0 Å². The number of halogens is 2. The molecule has 0 aliphatic carbocycles. The van der Waals surface area contributed by atoms with Gasteiger partial charge >= 0.3 is 0 Å². The molecule has 0 radical (unpaired) electrons. The Kier molecular flexibility index (Phi) is 3.06. The number of alkyl halides is 2. The Labute approximate surface area is 81.7 Å². The van der Waals surface area contributed by atoms with Gasteiger partial charge in [0.25, 0.3) is 5.92 Å². The van der Waals surface area contributed by atoms with Crippen LogP contribution in [0.1, 0.15) is 11.1 Å². The molecule has 0 aliphatic rings. The highest BCUT2D eigenvalue weighted by Crippen LogP contribution is 2.31. The van der Waals surface area contributed by atoms with Crippen LogP contribution < -0.4 is 10.5 Å². The van der Waals surface area contributed by atoms with Crippen molar-refractivity contribution in [3.63, 3.8) is 0 Å². The lowest BCUT2D eigenvalue weighted by atomic mass is 10.0. The van der Waals surface area contributed by atoms with Gasteiger partial charge in [0.05, 0.1) is 13.7 Å². The fourth-order valence-electron chi connectivity index (χ4n) is 1.28. The number of nitrogens with two attached hydrogens (primary N) is 1. The first-order chi connectivity index (χ1) is 6.51. The molecule has 0 aliphatic heterocycles. The molecule has 2 nitrogen and oxygen atoms in total. The summed E-state index contributed by atoms with van der Waals surface area (Å²) in [6.45, 7) is 0.932. The molecule has 4 heteroatoms. The van der Waals surface area contributed by atoms with E-state index in [0.717, 1.165) is 0 Å². The van der Waals surface area contributed by atoms with Crippen molar-refractivity contribution < 1.29 is 13.5 Å². The number of methoxy groups -OCH3 is 1. The number of aryl methyl sites for hydroxylation is 1. The van der Waals surface area contributed by atoms with Crippen molar-refractivity contribution >= 4 is 0 Å². The second-order valence-corrected chi connectivity index (χ2v) is 3.09. The van der Waals surface area contributed by atoms with E-state index in [1.54, 1.807) is 13.0 Å². The number of ether oxygens (including phenoxy) is 1. The van der Waals surface area contributed by atoms with Crippen LogP contribution in [0.25, 0.3) is 0 Å². The number of hydrogen-bond donors (Lipinski definition) is 1. The summed E-state index contributed by atoms with van der Waals surface area (Å²) < 4.78 is 31.4. The van der Waals surface area contributed by atoms with Crippen LogP contribution in [0, 0.1) is 6.92 Å². The third kappa shape index (κ3) is 2.01. The average Bonchev–Trinajstić information content (AvgIpc) is 2.17. The van der Waals surface area contributed by atoms with E-state index in [9.17, 15) is 8.78 Å². The predicted octanol–water partition coefficient (Wildman–Crippen LogP) is 2.05. The number of benzene rings is 1. The molecule has 1 rings (SSSR count). The van der Waals surface area contributed by atoms with E-state index in [1.807, 2.05) is 0 Å². The van der Waals surface area contributed by atoms with E-state index < -0.39 is 12.5 Å². The summed E-state index contributed by atoms with van der Waals surface area (Å²) in [4.78, 5) is 0. The molecule has 0 saturated heterocycles. The lowest BCUT2D eigenvalue weighted by molar-refractivity contribution is 0.00529. The zero-order valence-corrected chi connectivity index (χ0v) is 8.18. The smallest absolute Gasteiger partial charge is 0.285 e. The highest BCUT2D eigenvalue weighted by atomic mass is 19.3. The van der Waals surface area contributed by atoms with Crippen LogP contribution in [0.15, 0.2) is 18.2 Å². The van der Waals surface area contributed by atoms with E-state index in [2.05, 4.69) is 0 Å². The second-order valence-electron chi connectivity index (χ2n) is 3.09. The van der Waals surface area contributed by atoms with Gasteiger partial charge in [0, 0.05) is 5.56 Å². The first-order valence-corrected chi connectivity index (χ1v) is 4.24. The number of hydrogen-bond acceptors (Lipinski definition) is 2. The molecule has 0 atom stereocenters. The first kappa shape index (κ1) is 10.9. The molecule has 0 fully saturated rings. The SMILES string of the molecule is COc1ccc(C(F)(F)CN)c(C)c1. The van der Waals surface area contributed by atoms with Crippen LogP contribution in [0.2, 0.25) is 0 Å². The second kappa shape index (κ2) is 3.92. The summed E-state index contributed by atoms with van der Waals surface area (Å²) in [6, 6.07) is 4.42. The maximum Gasteiger partial charge on any atom is 0.285 e. The molecule has 0 heterocycles. The zero-order valence-electron chi connectivity index (χ0n) is 8.18. The Morgan fingerprint density at radius 3 is 2.50 bits per heavy atom. The molecular formula is C10H13F2NO. The molecular weight excluding hydrogens is 188 g/mol. The minimum Gasteiger partial charge on any atom is -0.497 e. The third-order valence-corrected chi connectivity index (χ3v) is 2.08. The normalized spacial score (nSPS) is 11.5. The predicted molar refractivity (Wildman–Crippen MR) is 50.7 cm³/mol. The largest absolute Gasteiger partial charge is 0.497 e. The quantitative estimate of drug-likeness (QED) is 0.812. The van der Waals surface area contributed by atoms with Gasteiger partial charge in [-0.15, -0.1) is 0 Å². The van der Waals surface area contributed by atoms with Crippen molar-refractivity contribution in [1.82, 2.24) is 0 Å². The van der Waals surface area contributed by atoms with Gasteiger partial charge in [-0.05, 0) is 30.7 Å². The highest BCUT2D eigenvalue weighted by molar-refractivity contribution is 5.37. The third-order valence-electron chi connectivity index (χ3n) is 2.08. The van der Waals surface area contributed by atoms with Gasteiger partial charge in [0.1, 0.15) is 5.75 Å². The van der Waals surface area contributed by atoms with E-state index in [0.29, 0.717) is 11.3 Å². The summed E-state index contributed by atoms with van der Waals surface area (Å²) in [5.74, 6) is -2.39. The lowest BCUT2D eigenvalue weighted by Crippen LogP contribution is -2.25. The number of rotatable bonds is 3. The molecule has 0 amide bonds. The molecule has 0 bridgehead atoms. The van der Waals surface area contributed by atoms with E-state index in [1.165, 1.54) is 19.2 Å². The van der Waals surface area contributed by atoms with E-state index in [4.69, 9.17) is 10.5 Å². The van der Waals surface area contributed by atoms with Gasteiger partial charge in [0.2, 0.25) is 0 Å². The minimum absolute atomic E-state index is 0.0409. The molecule has 0 saturated carbocycles. The van der Waals surface area contributed by atoms with Crippen molar-refractivity contribution in [2.75, 3.05) is 13.7 Å². The van der Waals surface area contributed by atoms with Gasteiger partial charge in [-0.1, -0.05) is 0 Å². The molecule has 14 heavy (non-hydrogen) atoms. The molecule has 1 aromatic carbocycles. The Morgan fingerprint density at radius 2 is 2.07 bits per heavy atom. The summed E-state index contributed by atoms with van der Waals surface area (Å²) in [6.07, 6.45) is 0. The Balaban J connectivity index is 3.12. The average molecular weight is 201 g/mol. The van der Waals surface area contributed by atoms with Gasteiger partial charge in [-0.25, -0.2) is 0 Å². The molecule has 2 N–H and O–H groups in total. The van der Waals surface area contributed by atoms with Crippen LogP contribution in [-0.2, 0) is 5.92 Å². The van der Waals surface area contributed by atoms with Gasteiger partial charge in [0.15, 0.2) is 0 Å². The summed E-state index contributed by atoms with van der Waals surface area (Å²) in [7, 11) is 1.50. The standard InChI is InChI=1S/C10H13F2NO/c1-7-5-8(14-2)3-4-9(7)10(11,12)6-13/h3-5H,6,13H2,1-2H3. The highest BCUT2D eigenvalue weighted by Gasteiger charge is 2.31. The Hall–Kier alpha value is -1.16. The molecule has 78 valence electrons. The van der Waals surface area contributed by atoms with E-state index >= 15 is 0 Å². The molecule has 1 aromatic rings. The fourth-order valence-corrected chi connectivity index (χ4v) is 1.28. The maximum absolute atomic E-state index is 13.2. The van der Waals surface area contributed by atoms with Gasteiger partial charge in [-0.3, -0.25) is 0 Å². The first-order valence-electron chi connectivity index (χ1n) is 4.24. The molecule has 0 unspecified atom stereocenters. The Bertz CT molecular complexity index is 326. The lowest BCUT2D eigenvalue weighted by Gasteiger charge is -2.17. The zero-order chi connectivity index (χ0) is 10.8. The van der Waals surface area contributed by atoms with Crippen LogP contribution >= 0.6 is 0 Å². The van der Waals surface area contributed by atoms with Gasteiger partial charge < -0.3 is 10.5 Å². The minimum atomic E-state index is -2.96. The summed E-state index contributed by atoms with van der Waals surface area (Å²) >= 11 is 0. The molecule has 0 aromatic heterocycles. The maximum atomic E-state index is 13.2. The van der Waals surface area contributed by atoms with Crippen molar-refractivity contribution in [3.8, 4) is 5.75 Å². The van der Waals surface area contributed by atoms with Crippen LogP contribution in [0.4, 0.5) is 8.78 Å².